The van der Waals surface area contributed by atoms with Crippen LogP contribution in [0.4, 0.5) is 4.79 Å². The minimum absolute atomic E-state index is 0.247. The van der Waals surface area contributed by atoms with Gasteiger partial charge in [-0.25, -0.2) is 0 Å². The van der Waals surface area contributed by atoms with Gasteiger partial charge in [0.1, 0.15) is 5.25 Å². The molecule has 1 aromatic heterocycles. The van der Waals surface area contributed by atoms with Gasteiger partial charge < -0.3 is 4.57 Å². The Morgan fingerprint density at radius 3 is 2.46 bits per heavy atom. The van der Waals surface area contributed by atoms with Crippen LogP contribution in [-0.4, -0.2) is 21.6 Å². The lowest BCUT2D eigenvalue weighted by Gasteiger charge is -2.11. The maximum Gasteiger partial charge on any atom is 0.280 e. The van der Waals surface area contributed by atoms with Gasteiger partial charge in [0.15, 0.2) is 0 Å². The van der Waals surface area contributed by atoms with E-state index in [4.69, 9.17) is 0 Å². The molecule has 1 aliphatic rings. The fourth-order valence-corrected chi connectivity index (χ4v) is 4.73. The predicted octanol–water partition coefficient (Wildman–Crippen LogP) is 4.24. The van der Waals surface area contributed by atoms with Gasteiger partial charge in [0.25, 0.3) is 5.24 Å². The number of carbonyl (C=O) groups is 2. The lowest BCUT2D eigenvalue weighted by Crippen LogP contribution is -2.20. The van der Waals surface area contributed by atoms with Crippen LogP contribution in [0.15, 0.2) is 54.7 Å². The second-order valence-corrected chi connectivity index (χ2v) is 8.18. The largest absolute Gasteiger partial charge is 0.343 e. The fraction of sp³-hybridized carbons (Fsp3) is 0.190. The van der Waals surface area contributed by atoms with E-state index in [1.165, 1.54) is 11.1 Å². The summed E-state index contributed by atoms with van der Waals surface area (Å²) < 4.78 is 2.18. The number of carbonyl (C=O) groups excluding carboxylic acids is 2. The number of benzene rings is 2. The van der Waals surface area contributed by atoms with E-state index in [1.54, 1.807) is 0 Å². The third kappa shape index (κ3) is 2.78. The number of fused-ring (bicyclic) bond motifs is 1. The second-order valence-electron chi connectivity index (χ2n) is 6.48. The Morgan fingerprint density at radius 1 is 1.08 bits per heavy atom. The average Bonchev–Trinajstić information content (AvgIpc) is 3.16. The summed E-state index contributed by atoms with van der Waals surface area (Å²) in [4.78, 5) is 24.0. The number of hydrogen-bond acceptors (Lipinski definition) is 2. The van der Waals surface area contributed by atoms with Crippen molar-refractivity contribution >= 4 is 38.4 Å². The maximum absolute atomic E-state index is 12.2. The molecule has 0 saturated carbocycles. The normalized spacial score (nSPS) is 19.9. The number of aryl methyl sites for hydroxylation is 1. The van der Waals surface area contributed by atoms with Gasteiger partial charge in [-0.3, -0.25) is 14.9 Å². The molecule has 4 nitrogen and oxygen atoms in total. The first-order valence-electron chi connectivity index (χ1n) is 8.61. The van der Waals surface area contributed by atoms with Crippen LogP contribution in [0.25, 0.3) is 10.9 Å². The third-order valence-corrected chi connectivity index (χ3v) is 6.52. The van der Waals surface area contributed by atoms with Crippen LogP contribution in [0.2, 0.25) is 0 Å². The van der Waals surface area contributed by atoms with E-state index >= 15 is 0 Å². The Kier molecular flexibility index (Phi) is 4.24. The summed E-state index contributed by atoms with van der Waals surface area (Å²) in [5.41, 5.74) is 4.50. The SMILES string of the molecule is C=S1C(=O)NC(=O)C1c1cccc2c1ccn2Cc1ccc(CC)cc1. The molecular weight excluding hydrogens is 344 g/mol. The van der Waals surface area contributed by atoms with Crippen LogP contribution in [-0.2, 0) is 17.8 Å². The first-order valence-corrected chi connectivity index (χ1v) is 10.1. The minimum atomic E-state index is -0.884. The molecule has 2 heterocycles. The van der Waals surface area contributed by atoms with E-state index in [0.717, 1.165) is 29.4 Å². The van der Waals surface area contributed by atoms with Gasteiger partial charge in [-0.05, 0) is 35.2 Å². The molecule has 0 spiro atoms. The Morgan fingerprint density at radius 2 is 1.81 bits per heavy atom. The maximum atomic E-state index is 12.2. The molecular formula is C21H20N2O2S. The zero-order valence-electron chi connectivity index (χ0n) is 14.6. The molecule has 1 saturated heterocycles. The molecule has 2 amide bonds. The summed E-state index contributed by atoms with van der Waals surface area (Å²) in [6.07, 6.45) is 3.07. The lowest BCUT2D eigenvalue weighted by atomic mass is 10.1. The van der Waals surface area contributed by atoms with Crippen LogP contribution in [0.3, 0.4) is 0 Å². The summed E-state index contributed by atoms with van der Waals surface area (Å²) in [7, 11) is -0.884. The van der Waals surface area contributed by atoms with Gasteiger partial charge >= 0.3 is 0 Å². The van der Waals surface area contributed by atoms with Crippen molar-refractivity contribution in [3.8, 4) is 0 Å². The van der Waals surface area contributed by atoms with E-state index in [-0.39, 0.29) is 11.1 Å². The average molecular weight is 364 g/mol. The van der Waals surface area contributed by atoms with E-state index in [9.17, 15) is 9.59 Å². The molecule has 0 aliphatic carbocycles. The number of hydrogen-bond donors (Lipinski definition) is 1. The summed E-state index contributed by atoms with van der Waals surface area (Å²) >= 11 is 0. The first kappa shape index (κ1) is 16.8. The van der Waals surface area contributed by atoms with Gasteiger partial charge in [-0.15, -0.1) is 0 Å². The smallest absolute Gasteiger partial charge is 0.280 e. The van der Waals surface area contributed by atoms with E-state index < -0.39 is 15.7 Å². The summed E-state index contributed by atoms with van der Waals surface area (Å²) in [6, 6.07) is 16.6. The Bertz CT molecular complexity index is 1030. The molecule has 3 aromatic rings. The van der Waals surface area contributed by atoms with Gasteiger partial charge in [-0.2, -0.15) is 0 Å². The summed E-state index contributed by atoms with van der Waals surface area (Å²) in [5, 5.41) is 2.65. The standard InChI is InChI=1S/C21H20N2O2S/c1-3-14-7-9-15(10-8-14)13-23-12-11-16-17(5-4-6-18(16)23)19-20(24)22-21(25)26(19)2/h4-12,19H,2-3,13H2,1H3,(H,22,24,25). The monoisotopic (exact) mass is 364 g/mol. The van der Waals surface area contributed by atoms with Crippen molar-refractivity contribution < 1.29 is 9.59 Å². The van der Waals surface area contributed by atoms with Crippen molar-refractivity contribution in [2.24, 2.45) is 0 Å². The lowest BCUT2D eigenvalue weighted by molar-refractivity contribution is -0.119. The number of nitrogens with zero attached hydrogens (tertiary/aromatic N) is 1. The molecule has 1 fully saturated rings. The van der Waals surface area contributed by atoms with Gasteiger partial charge in [0.2, 0.25) is 5.91 Å². The number of rotatable bonds is 4. The zero-order chi connectivity index (χ0) is 18.3. The Labute approximate surface area is 154 Å². The van der Waals surface area contributed by atoms with E-state index in [0.29, 0.717) is 0 Å². The highest BCUT2D eigenvalue weighted by atomic mass is 32.2. The molecule has 1 aliphatic heterocycles. The molecule has 2 atom stereocenters. The van der Waals surface area contributed by atoms with Gasteiger partial charge in [-0.1, -0.05) is 59.7 Å². The molecule has 4 rings (SSSR count). The van der Waals surface area contributed by atoms with Crippen molar-refractivity contribution in [3.05, 3.63) is 71.4 Å². The quantitative estimate of drug-likeness (QED) is 0.704. The van der Waals surface area contributed by atoms with E-state index in [2.05, 4.69) is 53.0 Å². The molecule has 2 aromatic carbocycles. The van der Waals surface area contributed by atoms with Crippen molar-refractivity contribution in [1.29, 1.82) is 0 Å². The number of nitrogens with one attached hydrogen (secondary N) is 1. The van der Waals surface area contributed by atoms with Crippen molar-refractivity contribution in [3.63, 3.8) is 0 Å². The second kappa shape index (κ2) is 6.57. The van der Waals surface area contributed by atoms with Crippen molar-refractivity contribution in [2.45, 2.75) is 25.1 Å². The highest BCUT2D eigenvalue weighted by Gasteiger charge is 2.36. The van der Waals surface area contributed by atoms with Crippen molar-refractivity contribution in [2.75, 3.05) is 0 Å². The molecule has 0 bridgehead atoms. The van der Waals surface area contributed by atoms with Crippen LogP contribution in [0.1, 0.15) is 28.9 Å². The van der Waals surface area contributed by atoms with E-state index in [1.807, 2.05) is 24.4 Å². The van der Waals surface area contributed by atoms with Crippen molar-refractivity contribution in [1.82, 2.24) is 9.88 Å². The fourth-order valence-electron chi connectivity index (χ4n) is 3.45. The Hall–Kier alpha value is -2.66. The highest BCUT2D eigenvalue weighted by Crippen LogP contribution is 2.42. The molecule has 1 N–H and O–H groups in total. The highest BCUT2D eigenvalue weighted by molar-refractivity contribution is 8.28. The molecule has 26 heavy (non-hydrogen) atoms. The van der Waals surface area contributed by atoms with Crippen LogP contribution < -0.4 is 5.32 Å². The molecule has 2 unspecified atom stereocenters. The molecule has 132 valence electrons. The van der Waals surface area contributed by atoms with Gasteiger partial charge in [0, 0.05) is 23.6 Å². The molecule has 0 radical (unpaired) electrons. The van der Waals surface area contributed by atoms with Crippen LogP contribution in [0.5, 0.6) is 0 Å². The number of amides is 2. The third-order valence-electron chi connectivity index (χ3n) is 4.90. The van der Waals surface area contributed by atoms with Crippen LogP contribution in [0, 0.1) is 0 Å². The minimum Gasteiger partial charge on any atom is -0.343 e. The summed E-state index contributed by atoms with van der Waals surface area (Å²) in [5.74, 6) is 3.67. The summed E-state index contributed by atoms with van der Waals surface area (Å²) in [6.45, 7) is 2.92. The topological polar surface area (TPSA) is 51.1 Å². The van der Waals surface area contributed by atoms with Gasteiger partial charge in [0.05, 0.1) is 0 Å². The predicted molar refractivity (Wildman–Crippen MR) is 108 cm³/mol. The zero-order valence-corrected chi connectivity index (χ0v) is 15.4. The first-order chi connectivity index (χ1) is 12.6. The molecule has 5 heteroatoms. The number of aromatic nitrogens is 1. The van der Waals surface area contributed by atoms with Crippen LogP contribution >= 0.6 is 10.5 Å². The Balaban J connectivity index is 1.72. The number of imide groups is 1.